The second-order valence-electron chi connectivity index (χ2n) is 3.70. The van der Waals surface area contributed by atoms with Crippen LogP contribution in [0.15, 0.2) is 12.1 Å². The van der Waals surface area contributed by atoms with E-state index in [9.17, 15) is 14.9 Å². The van der Waals surface area contributed by atoms with Crippen LogP contribution in [0.2, 0.25) is 0 Å². The van der Waals surface area contributed by atoms with Crippen molar-refractivity contribution < 1.29 is 14.5 Å². The summed E-state index contributed by atoms with van der Waals surface area (Å²) < 4.78 is 5.76. The Balaban J connectivity index is 3.26. The molecule has 0 saturated carbocycles. The summed E-state index contributed by atoms with van der Waals surface area (Å²) in [6.45, 7) is 1.68. The predicted octanol–water partition coefficient (Wildman–Crippen LogP) is 1.22. The number of hydrazine groups is 1. The molecule has 106 valence electrons. The summed E-state index contributed by atoms with van der Waals surface area (Å²) in [6, 6.07) is 4.37. The molecule has 0 aliphatic rings. The highest BCUT2D eigenvalue weighted by molar-refractivity contribution is 14.1. The zero-order chi connectivity index (χ0) is 15.3. The maximum Gasteiger partial charge on any atom is 0.313 e. The normalized spacial score (nSPS) is 11.3. The number of nitrogens with one attached hydrogen (secondary N) is 1. The molecule has 0 aliphatic heterocycles. The van der Waals surface area contributed by atoms with E-state index in [1.165, 1.54) is 6.07 Å². The van der Waals surface area contributed by atoms with E-state index in [2.05, 4.69) is 0 Å². The van der Waals surface area contributed by atoms with E-state index in [-0.39, 0.29) is 23.4 Å². The number of nitriles is 1. The van der Waals surface area contributed by atoms with Gasteiger partial charge in [-0.3, -0.25) is 20.3 Å². The third-order valence-corrected chi connectivity index (χ3v) is 3.22. The van der Waals surface area contributed by atoms with Crippen molar-refractivity contribution in [2.75, 3.05) is 0 Å². The lowest BCUT2D eigenvalue weighted by Crippen LogP contribution is -2.41. The van der Waals surface area contributed by atoms with Crippen molar-refractivity contribution in [1.29, 1.82) is 5.26 Å². The number of hydrogen-bond acceptors (Lipinski definition) is 6. The minimum Gasteiger partial charge on any atom is -0.473 e. The molecule has 0 bridgehead atoms. The van der Waals surface area contributed by atoms with Crippen LogP contribution in [-0.4, -0.2) is 16.9 Å². The Labute approximate surface area is 128 Å². The molecule has 0 fully saturated rings. The van der Waals surface area contributed by atoms with Gasteiger partial charge in [-0.25, -0.2) is 5.84 Å². The molecule has 9 heteroatoms. The van der Waals surface area contributed by atoms with Gasteiger partial charge in [-0.15, -0.1) is 0 Å². The topological polar surface area (TPSA) is 131 Å². The minimum atomic E-state index is -0.944. The van der Waals surface area contributed by atoms with Crippen LogP contribution in [0, 0.1) is 25.0 Å². The Kier molecular flexibility index (Phi) is 5.66. The average molecular weight is 390 g/mol. The van der Waals surface area contributed by atoms with Crippen molar-refractivity contribution in [3.63, 3.8) is 0 Å². The summed E-state index contributed by atoms with van der Waals surface area (Å²) in [5.74, 6) is 4.39. The molecule has 1 aromatic rings. The molecule has 1 unspecified atom stereocenters. The maximum absolute atomic E-state index is 11.5. The molecular weight excluding hydrogens is 379 g/mol. The van der Waals surface area contributed by atoms with Crippen molar-refractivity contribution in [2.24, 2.45) is 5.84 Å². The highest BCUT2D eigenvalue weighted by Crippen LogP contribution is 2.34. The fraction of sp³-hybridized carbons (Fsp3) is 0.273. The fourth-order valence-electron chi connectivity index (χ4n) is 1.45. The molecule has 0 aromatic heterocycles. The lowest BCUT2D eigenvalue weighted by Gasteiger charge is -2.16. The van der Waals surface area contributed by atoms with Gasteiger partial charge in [-0.05, 0) is 35.1 Å². The first-order valence-electron chi connectivity index (χ1n) is 5.49. The summed E-state index contributed by atoms with van der Waals surface area (Å²) in [6.07, 6.45) is -0.656. The zero-order valence-electron chi connectivity index (χ0n) is 10.4. The molecule has 20 heavy (non-hydrogen) atoms. The van der Waals surface area contributed by atoms with Gasteiger partial charge in [0.05, 0.1) is 20.1 Å². The van der Waals surface area contributed by atoms with E-state index in [0.29, 0.717) is 3.57 Å². The number of nitrogens with zero attached hydrogens (tertiary/aromatic N) is 2. The number of carbonyl (C=O) groups is 1. The largest absolute Gasteiger partial charge is 0.473 e. The predicted molar refractivity (Wildman–Crippen MR) is 77.6 cm³/mol. The number of carbonyl (C=O) groups excluding carboxylic acids is 1. The number of nitrogens with two attached hydrogens (primary N) is 1. The standard InChI is InChI=1S/C11H11IN4O4/c1-2-9(11(17)15-14)20-10-7(12)3-6(5-13)4-8(10)16(18)19/h3-4,9H,2,14H2,1H3,(H,15,17). The number of ether oxygens (including phenoxy) is 1. The highest BCUT2D eigenvalue weighted by atomic mass is 127. The van der Waals surface area contributed by atoms with E-state index in [4.69, 9.17) is 15.8 Å². The molecule has 1 amide bonds. The average Bonchev–Trinajstić information content (AvgIpc) is 2.44. The van der Waals surface area contributed by atoms with E-state index >= 15 is 0 Å². The lowest BCUT2D eigenvalue weighted by molar-refractivity contribution is -0.386. The number of rotatable bonds is 5. The SMILES string of the molecule is CCC(Oc1c(I)cc(C#N)cc1[N+](=O)[O-])C(=O)NN. The molecule has 1 atom stereocenters. The molecule has 1 aromatic carbocycles. The zero-order valence-corrected chi connectivity index (χ0v) is 12.6. The van der Waals surface area contributed by atoms with Crippen LogP contribution in [0.1, 0.15) is 18.9 Å². The van der Waals surface area contributed by atoms with Gasteiger partial charge >= 0.3 is 5.69 Å². The van der Waals surface area contributed by atoms with Gasteiger partial charge in [-0.2, -0.15) is 5.26 Å². The van der Waals surface area contributed by atoms with E-state index < -0.39 is 16.9 Å². The first kappa shape index (κ1) is 16.1. The van der Waals surface area contributed by atoms with E-state index in [1.54, 1.807) is 6.92 Å². The van der Waals surface area contributed by atoms with Crippen LogP contribution in [-0.2, 0) is 4.79 Å². The highest BCUT2D eigenvalue weighted by Gasteiger charge is 2.26. The van der Waals surface area contributed by atoms with Crippen LogP contribution in [0.3, 0.4) is 0 Å². The van der Waals surface area contributed by atoms with Crippen LogP contribution in [0.25, 0.3) is 0 Å². The smallest absolute Gasteiger partial charge is 0.313 e. The van der Waals surface area contributed by atoms with Gasteiger partial charge in [0.2, 0.25) is 5.75 Å². The van der Waals surface area contributed by atoms with Crippen LogP contribution < -0.4 is 16.0 Å². The Morgan fingerprint density at radius 2 is 2.35 bits per heavy atom. The number of hydrogen-bond donors (Lipinski definition) is 2. The Hall–Kier alpha value is -1.93. The van der Waals surface area contributed by atoms with Gasteiger partial charge in [0, 0.05) is 6.07 Å². The first-order valence-corrected chi connectivity index (χ1v) is 6.57. The summed E-state index contributed by atoms with van der Waals surface area (Å²) in [7, 11) is 0. The molecule has 3 N–H and O–H groups in total. The second-order valence-corrected chi connectivity index (χ2v) is 4.86. The molecule has 0 aliphatic carbocycles. The third-order valence-electron chi connectivity index (χ3n) is 2.42. The van der Waals surface area contributed by atoms with Gasteiger partial charge in [0.1, 0.15) is 0 Å². The Bertz CT molecular complexity index is 585. The first-order chi connectivity index (χ1) is 9.44. The summed E-state index contributed by atoms with van der Waals surface area (Å²) >= 11 is 1.81. The second kappa shape index (κ2) is 7.01. The van der Waals surface area contributed by atoms with Crippen LogP contribution >= 0.6 is 22.6 Å². The van der Waals surface area contributed by atoms with Crippen molar-refractivity contribution in [2.45, 2.75) is 19.4 Å². The minimum absolute atomic E-state index is 0.0509. The van der Waals surface area contributed by atoms with Gasteiger partial charge < -0.3 is 4.74 Å². The molecule has 1 rings (SSSR count). The Morgan fingerprint density at radius 1 is 1.70 bits per heavy atom. The summed E-state index contributed by atoms with van der Waals surface area (Å²) in [5.41, 5.74) is 1.72. The third kappa shape index (κ3) is 3.55. The number of amides is 1. The molecule has 0 heterocycles. The number of nitro benzene ring substituents is 1. The van der Waals surface area contributed by atoms with Crippen molar-refractivity contribution in [3.8, 4) is 11.8 Å². The number of nitro groups is 1. The van der Waals surface area contributed by atoms with Crippen LogP contribution in [0.4, 0.5) is 5.69 Å². The van der Waals surface area contributed by atoms with Crippen molar-refractivity contribution in [1.82, 2.24) is 5.43 Å². The summed E-state index contributed by atoms with van der Waals surface area (Å²) in [5, 5.41) is 19.9. The van der Waals surface area contributed by atoms with Gasteiger partial charge in [-0.1, -0.05) is 6.92 Å². The number of benzene rings is 1. The van der Waals surface area contributed by atoms with Crippen molar-refractivity contribution >= 4 is 34.2 Å². The maximum atomic E-state index is 11.5. The molecule has 0 spiro atoms. The quantitative estimate of drug-likeness (QED) is 0.256. The number of halogens is 1. The molecule has 8 nitrogen and oxygen atoms in total. The molecular formula is C11H11IN4O4. The molecule has 0 saturated heterocycles. The monoisotopic (exact) mass is 390 g/mol. The Morgan fingerprint density at radius 3 is 2.80 bits per heavy atom. The fourth-order valence-corrected chi connectivity index (χ4v) is 2.19. The van der Waals surface area contributed by atoms with Gasteiger partial charge in [0.25, 0.3) is 5.91 Å². The van der Waals surface area contributed by atoms with Crippen LogP contribution in [0.5, 0.6) is 5.75 Å². The van der Waals surface area contributed by atoms with E-state index in [0.717, 1.165) is 6.07 Å². The van der Waals surface area contributed by atoms with Gasteiger partial charge in [0.15, 0.2) is 6.10 Å². The summed E-state index contributed by atoms with van der Waals surface area (Å²) in [4.78, 5) is 21.9. The van der Waals surface area contributed by atoms with Crippen molar-refractivity contribution in [3.05, 3.63) is 31.4 Å². The molecule has 0 radical (unpaired) electrons. The lowest BCUT2D eigenvalue weighted by atomic mass is 10.2. The van der Waals surface area contributed by atoms with E-state index in [1.807, 2.05) is 34.1 Å².